The summed E-state index contributed by atoms with van der Waals surface area (Å²) in [4.78, 5) is 0. The van der Waals surface area contributed by atoms with Crippen LogP contribution in [0, 0.1) is 0 Å². The first-order chi connectivity index (χ1) is 3.81. The van der Waals surface area contributed by atoms with Gasteiger partial charge in [0.1, 0.15) is 5.84 Å². The predicted molar refractivity (Wildman–Crippen MR) is 28.6 cm³/mol. The van der Waals surface area contributed by atoms with Gasteiger partial charge in [-0.2, -0.15) is 0 Å². The lowest BCUT2D eigenvalue weighted by Gasteiger charge is -1.90. The Bertz CT molecular complexity index is 84.1. The fraction of sp³-hybridized carbons (Fsp3) is 0.750. The summed E-state index contributed by atoms with van der Waals surface area (Å²) in [5.74, 6) is 0.0858. The minimum Gasteiger partial charge on any atom is -0.409 e. The summed E-state index contributed by atoms with van der Waals surface area (Å²) in [6, 6.07) is 0. The zero-order chi connectivity index (χ0) is 6.41. The molecule has 0 bridgehead atoms. The van der Waals surface area contributed by atoms with Gasteiger partial charge in [0.25, 0.3) is 0 Å². The number of alkyl halides is 1. The molecule has 0 aromatic rings. The topological polar surface area (TPSA) is 58.6 Å². The zero-order valence-electron chi connectivity index (χ0n) is 4.47. The van der Waals surface area contributed by atoms with E-state index in [9.17, 15) is 4.39 Å². The van der Waals surface area contributed by atoms with E-state index < -0.39 is 6.67 Å². The molecule has 0 amide bonds. The molecule has 0 aromatic carbocycles. The first-order valence-electron chi connectivity index (χ1n) is 2.33. The summed E-state index contributed by atoms with van der Waals surface area (Å²) in [6.07, 6.45) is 0.656. The monoisotopic (exact) mass is 120 g/mol. The van der Waals surface area contributed by atoms with Gasteiger partial charge in [0.15, 0.2) is 0 Å². The lowest BCUT2D eigenvalue weighted by Crippen LogP contribution is -2.10. The predicted octanol–water partition coefficient (Wildman–Crippen LogP) is 0.482. The molecule has 0 heterocycles. The van der Waals surface area contributed by atoms with Crippen molar-refractivity contribution in [3.05, 3.63) is 0 Å². The first kappa shape index (κ1) is 7.20. The van der Waals surface area contributed by atoms with Crippen molar-refractivity contribution >= 4 is 5.84 Å². The number of halogens is 1. The Kier molecular flexibility index (Phi) is 3.93. The number of hydrogen-bond acceptors (Lipinski definition) is 2. The molecule has 0 aliphatic rings. The van der Waals surface area contributed by atoms with E-state index in [2.05, 4.69) is 5.16 Å². The molecule has 0 rings (SSSR count). The van der Waals surface area contributed by atoms with E-state index in [1.54, 1.807) is 0 Å². The van der Waals surface area contributed by atoms with Crippen LogP contribution in [0.2, 0.25) is 0 Å². The van der Waals surface area contributed by atoms with Crippen LogP contribution in [-0.2, 0) is 0 Å². The van der Waals surface area contributed by atoms with E-state index in [0.717, 1.165) is 0 Å². The Hall–Kier alpha value is -0.800. The lowest BCUT2D eigenvalue weighted by atomic mass is 10.3. The zero-order valence-corrected chi connectivity index (χ0v) is 4.47. The van der Waals surface area contributed by atoms with E-state index in [0.29, 0.717) is 12.8 Å². The molecule has 3 N–H and O–H groups in total. The van der Waals surface area contributed by atoms with Crippen molar-refractivity contribution in [3.63, 3.8) is 0 Å². The summed E-state index contributed by atoms with van der Waals surface area (Å²) >= 11 is 0. The highest BCUT2D eigenvalue weighted by Gasteiger charge is 1.89. The molecule has 0 saturated heterocycles. The third-order valence-electron chi connectivity index (χ3n) is 0.695. The second-order valence-corrected chi connectivity index (χ2v) is 1.38. The van der Waals surface area contributed by atoms with Gasteiger partial charge in [-0.15, -0.1) is 0 Å². The van der Waals surface area contributed by atoms with Gasteiger partial charge >= 0.3 is 0 Å². The SMILES string of the molecule is N/C(CCCF)=N\O. The number of rotatable bonds is 3. The van der Waals surface area contributed by atoms with Gasteiger partial charge in [-0.05, 0) is 6.42 Å². The molecule has 0 unspecified atom stereocenters. The quantitative estimate of drug-likeness (QED) is 0.246. The van der Waals surface area contributed by atoms with Gasteiger partial charge in [-0.3, -0.25) is 4.39 Å². The molecule has 0 aromatic heterocycles. The van der Waals surface area contributed by atoms with Gasteiger partial charge < -0.3 is 10.9 Å². The Morgan fingerprint density at radius 1 is 1.75 bits per heavy atom. The third-order valence-corrected chi connectivity index (χ3v) is 0.695. The molecular weight excluding hydrogens is 111 g/mol. The largest absolute Gasteiger partial charge is 0.409 e. The van der Waals surface area contributed by atoms with Crippen LogP contribution >= 0.6 is 0 Å². The van der Waals surface area contributed by atoms with Crippen molar-refractivity contribution in [1.29, 1.82) is 0 Å². The minimum absolute atomic E-state index is 0.0858. The molecule has 0 atom stereocenters. The molecule has 48 valence electrons. The summed E-state index contributed by atoms with van der Waals surface area (Å²) < 4.78 is 11.3. The average molecular weight is 120 g/mol. The van der Waals surface area contributed by atoms with Crippen LogP contribution in [0.5, 0.6) is 0 Å². The Morgan fingerprint density at radius 2 is 2.38 bits per heavy atom. The van der Waals surface area contributed by atoms with Crippen molar-refractivity contribution < 1.29 is 9.60 Å². The molecule has 3 nitrogen and oxygen atoms in total. The standard InChI is InChI=1S/C4H9FN2O/c5-3-1-2-4(6)7-8/h8H,1-3H2,(H2,6,7). The smallest absolute Gasteiger partial charge is 0.139 e. The van der Waals surface area contributed by atoms with Gasteiger partial charge in [0.2, 0.25) is 0 Å². The van der Waals surface area contributed by atoms with Crippen LogP contribution in [0.25, 0.3) is 0 Å². The second kappa shape index (κ2) is 4.36. The molecule has 4 heteroatoms. The van der Waals surface area contributed by atoms with Crippen molar-refractivity contribution in [2.45, 2.75) is 12.8 Å². The second-order valence-electron chi connectivity index (χ2n) is 1.38. The van der Waals surface area contributed by atoms with Crippen molar-refractivity contribution in [3.8, 4) is 0 Å². The number of nitrogens with two attached hydrogens (primary N) is 1. The van der Waals surface area contributed by atoms with E-state index in [1.165, 1.54) is 0 Å². The summed E-state index contributed by atoms with van der Waals surface area (Å²) in [6.45, 7) is -0.420. The summed E-state index contributed by atoms with van der Waals surface area (Å²) in [7, 11) is 0. The van der Waals surface area contributed by atoms with E-state index in [4.69, 9.17) is 10.9 Å². The highest BCUT2D eigenvalue weighted by molar-refractivity contribution is 5.79. The summed E-state index contributed by atoms with van der Waals surface area (Å²) in [5.41, 5.74) is 4.99. The fourth-order valence-corrected chi connectivity index (χ4v) is 0.298. The first-order valence-corrected chi connectivity index (χ1v) is 2.33. The van der Waals surface area contributed by atoms with Gasteiger partial charge in [0, 0.05) is 6.42 Å². The number of nitrogens with zero attached hydrogens (tertiary/aromatic N) is 1. The van der Waals surface area contributed by atoms with Crippen LogP contribution in [0.1, 0.15) is 12.8 Å². The maximum Gasteiger partial charge on any atom is 0.139 e. The van der Waals surface area contributed by atoms with Gasteiger partial charge in [0.05, 0.1) is 6.67 Å². The van der Waals surface area contributed by atoms with E-state index >= 15 is 0 Å². The highest BCUT2D eigenvalue weighted by atomic mass is 19.1. The Balaban J connectivity index is 3.12. The maximum absolute atomic E-state index is 11.3. The molecule has 0 fully saturated rings. The fourth-order valence-electron chi connectivity index (χ4n) is 0.298. The van der Waals surface area contributed by atoms with Crippen molar-refractivity contribution in [2.24, 2.45) is 10.9 Å². The lowest BCUT2D eigenvalue weighted by molar-refractivity contribution is 0.316. The van der Waals surface area contributed by atoms with Gasteiger partial charge in [-0.1, -0.05) is 5.16 Å². The van der Waals surface area contributed by atoms with Crippen LogP contribution in [0.4, 0.5) is 4.39 Å². The van der Waals surface area contributed by atoms with Crippen LogP contribution in [-0.4, -0.2) is 17.7 Å². The summed E-state index contributed by atoms with van der Waals surface area (Å²) in [5, 5.41) is 10.6. The van der Waals surface area contributed by atoms with Crippen LogP contribution in [0.15, 0.2) is 5.16 Å². The van der Waals surface area contributed by atoms with Crippen molar-refractivity contribution in [2.75, 3.05) is 6.67 Å². The molecule has 0 spiro atoms. The van der Waals surface area contributed by atoms with Crippen molar-refractivity contribution in [1.82, 2.24) is 0 Å². The van der Waals surface area contributed by atoms with Crippen LogP contribution in [0.3, 0.4) is 0 Å². The third kappa shape index (κ3) is 3.39. The molecule has 0 aliphatic heterocycles. The van der Waals surface area contributed by atoms with Gasteiger partial charge in [-0.25, -0.2) is 0 Å². The Morgan fingerprint density at radius 3 is 2.75 bits per heavy atom. The molecular formula is C4H9FN2O. The van der Waals surface area contributed by atoms with E-state index in [-0.39, 0.29) is 5.84 Å². The average Bonchev–Trinajstić information content (AvgIpc) is 1.83. The normalized spacial score (nSPS) is 11.9. The highest BCUT2D eigenvalue weighted by Crippen LogP contribution is 1.87. The Labute approximate surface area is 47.0 Å². The number of oxime groups is 1. The molecule has 0 aliphatic carbocycles. The minimum atomic E-state index is -0.420. The molecule has 8 heavy (non-hydrogen) atoms. The molecule has 0 saturated carbocycles. The van der Waals surface area contributed by atoms with Crippen LogP contribution < -0.4 is 5.73 Å². The number of amidine groups is 1. The number of hydrogen-bond donors (Lipinski definition) is 2. The molecule has 0 radical (unpaired) electrons. The van der Waals surface area contributed by atoms with E-state index in [1.807, 2.05) is 0 Å². The maximum atomic E-state index is 11.3.